The highest BCUT2D eigenvalue weighted by molar-refractivity contribution is 5.98. The highest BCUT2D eigenvalue weighted by atomic mass is 16.4. The maximum absolute atomic E-state index is 11.8. The minimum absolute atomic E-state index is 0.0119. The highest BCUT2D eigenvalue weighted by Crippen LogP contribution is 2.06. The minimum Gasteiger partial charge on any atom is -0.481 e. The van der Waals surface area contributed by atoms with Gasteiger partial charge in [-0.05, 0) is 31.5 Å². The Morgan fingerprint density at radius 1 is 1.21 bits per heavy atom. The molecule has 0 fully saturated rings. The van der Waals surface area contributed by atoms with E-state index >= 15 is 0 Å². The van der Waals surface area contributed by atoms with Crippen LogP contribution in [0.4, 0.5) is 5.69 Å². The van der Waals surface area contributed by atoms with Crippen LogP contribution in [0.5, 0.6) is 0 Å². The molecule has 4 N–H and O–H groups in total. The predicted molar refractivity (Wildman–Crippen MR) is 74.2 cm³/mol. The molecule has 0 aliphatic rings. The summed E-state index contributed by atoms with van der Waals surface area (Å²) in [5.74, 6) is -0.748. The number of unbranched alkanes of at least 4 members (excludes halogenated alkanes) is 2. The summed E-state index contributed by atoms with van der Waals surface area (Å²) in [4.78, 5) is 22.1. The van der Waals surface area contributed by atoms with E-state index in [1.54, 1.807) is 24.3 Å². The number of carboxylic acid groups (broad SMARTS) is 1. The quantitative estimate of drug-likeness (QED) is 0.358. The van der Waals surface area contributed by atoms with Crippen LogP contribution < -0.4 is 11.1 Å². The summed E-state index contributed by atoms with van der Waals surface area (Å²) >= 11 is 0. The Morgan fingerprint density at radius 2 is 2.00 bits per heavy atom. The maximum Gasteiger partial charge on any atom is 0.303 e. The van der Waals surface area contributed by atoms with Crippen LogP contribution in [0.25, 0.3) is 0 Å². The SMILES string of the molecule is Nc1cccc(C(=O)CNCCCCCC(=O)O)c1. The molecule has 0 saturated heterocycles. The molecule has 0 saturated carbocycles. The van der Waals surface area contributed by atoms with Gasteiger partial charge in [-0.2, -0.15) is 0 Å². The molecular formula is C14H20N2O3. The first-order chi connectivity index (χ1) is 9.09. The molecule has 0 aliphatic heterocycles. The molecule has 0 unspecified atom stereocenters. The van der Waals surface area contributed by atoms with Crippen molar-refractivity contribution in [3.63, 3.8) is 0 Å². The Bertz CT molecular complexity index is 432. The number of aliphatic carboxylic acids is 1. The monoisotopic (exact) mass is 264 g/mol. The number of nitrogen functional groups attached to an aromatic ring is 1. The van der Waals surface area contributed by atoms with Crippen molar-refractivity contribution < 1.29 is 14.7 Å². The molecule has 0 amide bonds. The first-order valence-corrected chi connectivity index (χ1v) is 6.41. The smallest absolute Gasteiger partial charge is 0.303 e. The molecule has 5 nitrogen and oxygen atoms in total. The number of rotatable bonds is 9. The Labute approximate surface area is 112 Å². The molecule has 5 heteroatoms. The molecule has 19 heavy (non-hydrogen) atoms. The molecule has 0 spiro atoms. The van der Waals surface area contributed by atoms with Crippen LogP contribution in [0.15, 0.2) is 24.3 Å². The predicted octanol–water partition coefficient (Wildman–Crippen LogP) is 1.69. The van der Waals surface area contributed by atoms with Gasteiger partial charge in [-0.1, -0.05) is 18.6 Å². The summed E-state index contributed by atoms with van der Waals surface area (Å²) in [6.07, 6.45) is 2.62. The lowest BCUT2D eigenvalue weighted by Gasteiger charge is -2.04. The van der Waals surface area contributed by atoms with Crippen LogP contribution in [0.2, 0.25) is 0 Å². The molecular weight excluding hydrogens is 244 g/mol. The number of anilines is 1. The molecule has 1 rings (SSSR count). The number of carbonyl (C=O) groups is 2. The number of carboxylic acids is 1. The van der Waals surface area contributed by atoms with Crippen molar-refractivity contribution >= 4 is 17.4 Å². The number of hydrogen-bond acceptors (Lipinski definition) is 4. The standard InChI is InChI=1S/C14H20N2O3/c15-12-6-4-5-11(9-12)13(17)10-16-8-3-1-2-7-14(18)19/h4-6,9,16H,1-3,7-8,10,15H2,(H,18,19). The molecule has 0 aliphatic carbocycles. The molecule has 0 bridgehead atoms. The van der Waals surface area contributed by atoms with Crippen LogP contribution in [0, 0.1) is 0 Å². The number of nitrogens with two attached hydrogens (primary N) is 1. The van der Waals surface area contributed by atoms with E-state index in [1.165, 1.54) is 0 Å². The van der Waals surface area contributed by atoms with Gasteiger partial charge in [0.25, 0.3) is 0 Å². The molecule has 0 atom stereocenters. The lowest BCUT2D eigenvalue weighted by Crippen LogP contribution is -2.24. The molecule has 0 aromatic heterocycles. The molecule has 104 valence electrons. The summed E-state index contributed by atoms with van der Waals surface area (Å²) in [6.45, 7) is 0.996. The third-order valence-corrected chi connectivity index (χ3v) is 2.74. The fourth-order valence-electron chi connectivity index (χ4n) is 1.72. The average Bonchev–Trinajstić information content (AvgIpc) is 2.37. The van der Waals surface area contributed by atoms with Crippen molar-refractivity contribution in [3.05, 3.63) is 29.8 Å². The average molecular weight is 264 g/mol. The normalized spacial score (nSPS) is 10.3. The maximum atomic E-state index is 11.8. The van der Waals surface area contributed by atoms with Gasteiger partial charge in [0.2, 0.25) is 0 Å². The summed E-state index contributed by atoms with van der Waals surface area (Å²) in [7, 11) is 0. The van der Waals surface area contributed by atoms with Crippen LogP contribution in [0.3, 0.4) is 0 Å². The summed E-state index contributed by atoms with van der Waals surface area (Å²) < 4.78 is 0. The van der Waals surface area contributed by atoms with Crippen LogP contribution >= 0.6 is 0 Å². The Morgan fingerprint density at radius 3 is 2.68 bits per heavy atom. The van der Waals surface area contributed by atoms with E-state index < -0.39 is 5.97 Å². The second-order valence-corrected chi connectivity index (χ2v) is 4.43. The number of benzene rings is 1. The zero-order chi connectivity index (χ0) is 14.1. The van der Waals surface area contributed by atoms with Crippen molar-refractivity contribution in [1.82, 2.24) is 5.32 Å². The van der Waals surface area contributed by atoms with E-state index in [0.717, 1.165) is 12.8 Å². The summed E-state index contributed by atoms with van der Waals surface area (Å²) in [5, 5.41) is 11.5. The molecule has 1 aromatic carbocycles. The van der Waals surface area contributed by atoms with E-state index in [9.17, 15) is 9.59 Å². The van der Waals surface area contributed by atoms with Crippen molar-refractivity contribution in [1.29, 1.82) is 0 Å². The molecule has 1 aromatic rings. The van der Waals surface area contributed by atoms with Gasteiger partial charge in [0, 0.05) is 17.7 Å². The Balaban J connectivity index is 2.12. The fourth-order valence-corrected chi connectivity index (χ4v) is 1.72. The van der Waals surface area contributed by atoms with E-state index in [0.29, 0.717) is 24.2 Å². The largest absolute Gasteiger partial charge is 0.481 e. The Hall–Kier alpha value is -1.88. The van der Waals surface area contributed by atoms with Crippen LogP contribution in [-0.2, 0) is 4.79 Å². The summed E-state index contributed by atoms with van der Waals surface area (Å²) in [5.41, 5.74) is 6.80. The highest BCUT2D eigenvalue weighted by Gasteiger charge is 2.05. The molecule has 0 heterocycles. The van der Waals surface area contributed by atoms with Gasteiger partial charge in [-0.15, -0.1) is 0 Å². The minimum atomic E-state index is -0.759. The third kappa shape index (κ3) is 6.57. The first-order valence-electron chi connectivity index (χ1n) is 6.41. The van der Waals surface area contributed by atoms with Crippen molar-refractivity contribution in [2.75, 3.05) is 18.8 Å². The van der Waals surface area contributed by atoms with E-state index in [2.05, 4.69) is 5.32 Å². The topological polar surface area (TPSA) is 92.4 Å². The van der Waals surface area contributed by atoms with Crippen molar-refractivity contribution in [2.24, 2.45) is 0 Å². The molecule has 0 radical (unpaired) electrons. The van der Waals surface area contributed by atoms with Crippen molar-refractivity contribution in [3.8, 4) is 0 Å². The van der Waals surface area contributed by atoms with Gasteiger partial charge in [0.05, 0.1) is 6.54 Å². The van der Waals surface area contributed by atoms with Gasteiger partial charge in [0.1, 0.15) is 0 Å². The Kier molecular flexibility index (Phi) is 6.60. The first kappa shape index (κ1) is 15.2. The number of ketones is 1. The fraction of sp³-hybridized carbons (Fsp3) is 0.429. The number of nitrogens with one attached hydrogen (secondary N) is 1. The van der Waals surface area contributed by atoms with Crippen molar-refractivity contribution in [2.45, 2.75) is 25.7 Å². The lowest BCUT2D eigenvalue weighted by atomic mass is 10.1. The van der Waals surface area contributed by atoms with E-state index in [-0.39, 0.29) is 18.7 Å². The van der Waals surface area contributed by atoms with Gasteiger partial charge in [-0.3, -0.25) is 9.59 Å². The van der Waals surface area contributed by atoms with Gasteiger partial charge < -0.3 is 16.2 Å². The van der Waals surface area contributed by atoms with E-state index in [4.69, 9.17) is 10.8 Å². The number of hydrogen-bond donors (Lipinski definition) is 3. The third-order valence-electron chi connectivity index (χ3n) is 2.74. The van der Waals surface area contributed by atoms with Gasteiger partial charge in [0.15, 0.2) is 5.78 Å². The number of carbonyl (C=O) groups excluding carboxylic acids is 1. The second kappa shape index (κ2) is 8.26. The lowest BCUT2D eigenvalue weighted by molar-refractivity contribution is -0.137. The van der Waals surface area contributed by atoms with Gasteiger partial charge in [-0.25, -0.2) is 0 Å². The van der Waals surface area contributed by atoms with Crippen LogP contribution in [-0.4, -0.2) is 29.9 Å². The number of Topliss-reactive ketones (excluding diaryl/α,β-unsaturated/α-hetero) is 1. The zero-order valence-corrected chi connectivity index (χ0v) is 10.9. The van der Waals surface area contributed by atoms with E-state index in [1.807, 2.05) is 0 Å². The second-order valence-electron chi connectivity index (χ2n) is 4.43. The summed E-state index contributed by atoms with van der Waals surface area (Å²) in [6, 6.07) is 6.91. The van der Waals surface area contributed by atoms with Gasteiger partial charge >= 0.3 is 5.97 Å². The zero-order valence-electron chi connectivity index (χ0n) is 10.9. The van der Waals surface area contributed by atoms with Crippen LogP contribution in [0.1, 0.15) is 36.0 Å².